The highest BCUT2D eigenvalue weighted by Gasteiger charge is 2.14. The van der Waals surface area contributed by atoms with Crippen molar-refractivity contribution in [3.8, 4) is 11.8 Å². The van der Waals surface area contributed by atoms with Crippen molar-refractivity contribution in [2.45, 2.75) is 32.7 Å². The topological polar surface area (TPSA) is 73.1 Å². The molecule has 17 heavy (non-hydrogen) atoms. The van der Waals surface area contributed by atoms with Gasteiger partial charge in [-0.15, -0.1) is 0 Å². The summed E-state index contributed by atoms with van der Waals surface area (Å²) in [6.45, 7) is 3.71. The van der Waals surface area contributed by atoms with Gasteiger partial charge in [0, 0.05) is 5.56 Å². The molecule has 1 aromatic carbocycles. The van der Waals surface area contributed by atoms with Crippen LogP contribution in [0, 0.1) is 18.3 Å². The van der Waals surface area contributed by atoms with Crippen LogP contribution in [-0.2, 0) is 0 Å². The van der Waals surface area contributed by atoms with Crippen LogP contribution in [0.3, 0.4) is 0 Å². The summed E-state index contributed by atoms with van der Waals surface area (Å²) in [4.78, 5) is 11.9. The van der Waals surface area contributed by atoms with Crippen molar-refractivity contribution in [2.24, 2.45) is 0 Å². The van der Waals surface area contributed by atoms with Crippen molar-refractivity contribution >= 4 is 5.91 Å². The molecular formula is C13H16N2O2. The third kappa shape index (κ3) is 3.49. The second-order valence-electron chi connectivity index (χ2n) is 3.94. The normalized spacial score (nSPS) is 11.6. The van der Waals surface area contributed by atoms with Gasteiger partial charge >= 0.3 is 0 Å². The quantitative estimate of drug-likeness (QED) is 0.835. The zero-order valence-electron chi connectivity index (χ0n) is 10.0. The number of carbonyl (C=O) groups is 1. The van der Waals surface area contributed by atoms with Gasteiger partial charge in [0.15, 0.2) is 0 Å². The lowest BCUT2D eigenvalue weighted by Gasteiger charge is -2.12. The zero-order chi connectivity index (χ0) is 12.8. The average Bonchev–Trinajstić information content (AvgIpc) is 2.28. The van der Waals surface area contributed by atoms with Crippen molar-refractivity contribution in [3.63, 3.8) is 0 Å². The molecule has 0 bridgehead atoms. The monoisotopic (exact) mass is 232 g/mol. The summed E-state index contributed by atoms with van der Waals surface area (Å²) in [7, 11) is 0. The zero-order valence-corrected chi connectivity index (χ0v) is 10.0. The molecular weight excluding hydrogens is 216 g/mol. The van der Waals surface area contributed by atoms with Crippen LogP contribution in [0.25, 0.3) is 0 Å². The van der Waals surface area contributed by atoms with Crippen molar-refractivity contribution in [2.75, 3.05) is 0 Å². The van der Waals surface area contributed by atoms with Crippen LogP contribution in [0.1, 0.15) is 35.7 Å². The summed E-state index contributed by atoms with van der Waals surface area (Å²) in [6, 6.07) is 6.14. The molecule has 4 nitrogen and oxygen atoms in total. The summed E-state index contributed by atoms with van der Waals surface area (Å²) in [5.74, 6) is -0.146. The minimum absolute atomic E-state index is 0.129. The van der Waals surface area contributed by atoms with E-state index in [4.69, 9.17) is 5.26 Å². The third-order valence-corrected chi connectivity index (χ3v) is 2.49. The molecule has 0 spiro atoms. The van der Waals surface area contributed by atoms with Gasteiger partial charge in [0.05, 0.1) is 6.07 Å². The van der Waals surface area contributed by atoms with Crippen molar-refractivity contribution < 1.29 is 9.90 Å². The van der Waals surface area contributed by atoms with Gasteiger partial charge in [0.1, 0.15) is 11.8 Å². The minimum Gasteiger partial charge on any atom is -0.508 e. The Bertz CT molecular complexity index is 449. The van der Waals surface area contributed by atoms with E-state index in [2.05, 4.69) is 11.4 Å². The van der Waals surface area contributed by atoms with E-state index in [1.807, 2.05) is 6.92 Å². The summed E-state index contributed by atoms with van der Waals surface area (Å²) in [5.41, 5.74) is 1.18. The van der Waals surface area contributed by atoms with Crippen molar-refractivity contribution in [1.29, 1.82) is 5.26 Å². The molecule has 1 amide bonds. The molecule has 0 saturated carbocycles. The van der Waals surface area contributed by atoms with E-state index in [0.29, 0.717) is 17.5 Å². The molecule has 90 valence electrons. The number of carbonyl (C=O) groups excluding carboxylic acids is 1. The van der Waals surface area contributed by atoms with E-state index in [1.165, 1.54) is 12.1 Å². The van der Waals surface area contributed by atoms with Crippen LogP contribution >= 0.6 is 0 Å². The van der Waals surface area contributed by atoms with E-state index in [9.17, 15) is 9.90 Å². The fourth-order valence-corrected chi connectivity index (χ4v) is 1.60. The molecule has 0 saturated heterocycles. The lowest BCUT2D eigenvalue weighted by atomic mass is 10.1. The van der Waals surface area contributed by atoms with Crippen LogP contribution in [0.4, 0.5) is 0 Å². The third-order valence-electron chi connectivity index (χ3n) is 2.49. The molecule has 0 heterocycles. The Morgan fingerprint density at radius 2 is 2.29 bits per heavy atom. The standard InChI is InChI=1S/C13H16N2O2/c1-3-4-10(8-14)15-13(17)12-6-5-11(16)7-9(12)2/h5-7,10,16H,3-4H2,1-2H3,(H,15,17). The molecule has 0 radical (unpaired) electrons. The van der Waals surface area contributed by atoms with E-state index in [-0.39, 0.29) is 11.7 Å². The molecule has 1 unspecified atom stereocenters. The molecule has 0 aliphatic heterocycles. The number of phenols is 1. The Balaban J connectivity index is 2.79. The largest absolute Gasteiger partial charge is 0.508 e. The van der Waals surface area contributed by atoms with Crippen LogP contribution in [0.15, 0.2) is 18.2 Å². The van der Waals surface area contributed by atoms with Crippen molar-refractivity contribution in [3.05, 3.63) is 29.3 Å². The number of benzene rings is 1. The fraction of sp³-hybridized carbons (Fsp3) is 0.385. The molecule has 0 fully saturated rings. The Morgan fingerprint density at radius 3 is 2.82 bits per heavy atom. The number of aromatic hydroxyl groups is 1. The Kier molecular flexibility index (Phi) is 4.53. The first-order chi connectivity index (χ1) is 8.08. The van der Waals surface area contributed by atoms with Gasteiger partial charge in [-0.1, -0.05) is 13.3 Å². The van der Waals surface area contributed by atoms with Gasteiger partial charge in [-0.05, 0) is 37.1 Å². The predicted octanol–water partition coefficient (Wildman–Crippen LogP) is 2.12. The number of nitrogens with zero attached hydrogens (tertiary/aromatic N) is 1. The summed E-state index contributed by atoms with van der Waals surface area (Å²) < 4.78 is 0. The van der Waals surface area contributed by atoms with Gasteiger partial charge in [-0.2, -0.15) is 5.26 Å². The number of hydrogen-bond donors (Lipinski definition) is 2. The van der Waals surface area contributed by atoms with E-state index in [0.717, 1.165) is 6.42 Å². The van der Waals surface area contributed by atoms with Gasteiger partial charge in [-0.25, -0.2) is 0 Å². The smallest absolute Gasteiger partial charge is 0.252 e. The summed E-state index contributed by atoms with van der Waals surface area (Å²) in [6.07, 6.45) is 1.48. The molecule has 0 aromatic heterocycles. The number of rotatable bonds is 4. The van der Waals surface area contributed by atoms with Gasteiger partial charge in [-0.3, -0.25) is 4.79 Å². The Hall–Kier alpha value is -2.02. The number of phenolic OH excluding ortho intramolecular Hbond substituents is 1. The Morgan fingerprint density at radius 1 is 1.59 bits per heavy atom. The highest BCUT2D eigenvalue weighted by molar-refractivity contribution is 5.96. The second kappa shape index (κ2) is 5.90. The highest BCUT2D eigenvalue weighted by atomic mass is 16.3. The summed E-state index contributed by atoms with van der Waals surface area (Å²) >= 11 is 0. The number of amides is 1. The first kappa shape index (κ1) is 13.0. The summed E-state index contributed by atoms with van der Waals surface area (Å²) in [5, 5.41) is 20.8. The van der Waals surface area contributed by atoms with Crippen LogP contribution < -0.4 is 5.32 Å². The number of aryl methyl sites for hydroxylation is 1. The average molecular weight is 232 g/mol. The maximum absolute atomic E-state index is 11.9. The lowest BCUT2D eigenvalue weighted by Crippen LogP contribution is -2.33. The maximum Gasteiger partial charge on any atom is 0.252 e. The maximum atomic E-state index is 11.9. The Labute approximate surface area is 101 Å². The second-order valence-corrected chi connectivity index (χ2v) is 3.94. The predicted molar refractivity (Wildman–Crippen MR) is 64.6 cm³/mol. The van der Waals surface area contributed by atoms with Crippen LogP contribution in [0.5, 0.6) is 5.75 Å². The molecule has 1 aromatic rings. The van der Waals surface area contributed by atoms with Crippen molar-refractivity contribution in [1.82, 2.24) is 5.32 Å². The number of nitrogens with one attached hydrogen (secondary N) is 1. The van der Waals surface area contributed by atoms with E-state index < -0.39 is 6.04 Å². The molecule has 2 N–H and O–H groups in total. The van der Waals surface area contributed by atoms with Crippen LogP contribution in [-0.4, -0.2) is 17.1 Å². The first-order valence-corrected chi connectivity index (χ1v) is 5.58. The molecule has 4 heteroatoms. The number of hydrogen-bond acceptors (Lipinski definition) is 3. The minimum atomic E-state index is -0.458. The SMILES string of the molecule is CCCC(C#N)NC(=O)c1ccc(O)cc1C. The van der Waals surface area contributed by atoms with Gasteiger partial charge < -0.3 is 10.4 Å². The fourth-order valence-electron chi connectivity index (χ4n) is 1.60. The molecule has 1 rings (SSSR count). The molecule has 0 aliphatic rings. The van der Waals surface area contributed by atoms with Crippen LogP contribution in [0.2, 0.25) is 0 Å². The first-order valence-electron chi connectivity index (χ1n) is 5.58. The van der Waals surface area contributed by atoms with E-state index >= 15 is 0 Å². The van der Waals surface area contributed by atoms with Gasteiger partial charge in [0.2, 0.25) is 0 Å². The molecule has 1 atom stereocenters. The lowest BCUT2D eigenvalue weighted by molar-refractivity contribution is 0.0943. The van der Waals surface area contributed by atoms with Gasteiger partial charge in [0.25, 0.3) is 5.91 Å². The molecule has 0 aliphatic carbocycles. The number of nitriles is 1. The highest BCUT2D eigenvalue weighted by Crippen LogP contribution is 2.15. The van der Waals surface area contributed by atoms with E-state index in [1.54, 1.807) is 13.0 Å².